The van der Waals surface area contributed by atoms with Gasteiger partial charge in [0, 0.05) is 30.6 Å². The van der Waals surface area contributed by atoms with Crippen molar-refractivity contribution in [3.8, 4) is 0 Å². The first-order chi connectivity index (χ1) is 12.3. The maximum absolute atomic E-state index is 12.6. The minimum atomic E-state index is -0.123. The number of hydrogen-bond acceptors (Lipinski definition) is 3. The molecule has 0 fully saturated rings. The monoisotopic (exact) mass is 355 g/mol. The molecule has 1 amide bonds. The van der Waals surface area contributed by atoms with Gasteiger partial charge in [0.1, 0.15) is 5.82 Å². The summed E-state index contributed by atoms with van der Waals surface area (Å²) in [6, 6.07) is 8.13. The van der Waals surface area contributed by atoms with Crippen LogP contribution in [0.25, 0.3) is 0 Å². The van der Waals surface area contributed by atoms with E-state index in [0.29, 0.717) is 43.2 Å². The number of nitrogens with one attached hydrogen (secondary N) is 1. The largest absolute Gasteiger partial charge is 0.335 e. The molecule has 1 aromatic carbocycles. The van der Waals surface area contributed by atoms with E-state index in [9.17, 15) is 9.59 Å². The van der Waals surface area contributed by atoms with Crippen molar-refractivity contribution in [2.24, 2.45) is 5.92 Å². The minimum absolute atomic E-state index is 0.0721. The van der Waals surface area contributed by atoms with Gasteiger partial charge in [-0.15, -0.1) is 0 Å². The molecule has 0 unspecified atom stereocenters. The van der Waals surface area contributed by atoms with Crippen molar-refractivity contribution < 1.29 is 4.79 Å². The van der Waals surface area contributed by atoms with E-state index in [1.807, 2.05) is 39.0 Å². The van der Waals surface area contributed by atoms with E-state index in [-0.39, 0.29) is 11.5 Å². The van der Waals surface area contributed by atoms with Gasteiger partial charge >= 0.3 is 0 Å². The third-order valence-corrected chi connectivity index (χ3v) is 4.32. The molecule has 0 bridgehead atoms. The first-order valence-electron chi connectivity index (χ1n) is 9.22. The molecular formula is C21H29N3O2. The van der Waals surface area contributed by atoms with Crippen LogP contribution in [0.5, 0.6) is 0 Å². The molecular weight excluding hydrogens is 326 g/mol. The molecule has 26 heavy (non-hydrogen) atoms. The fraction of sp³-hybridized carbons (Fsp3) is 0.476. The summed E-state index contributed by atoms with van der Waals surface area (Å²) >= 11 is 0. The van der Waals surface area contributed by atoms with E-state index in [2.05, 4.69) is 29.9 Å². The lowest BCUT2D eigenvalue weighted by molar-refractivity contribution is -0.132. The Morgan fingerprint density at radius 3 is 2.58 bits per heavy atom. The Kier molecular flexibility index (Phi) is 6.72. The summed E-state index contributed by atoms with van der Waals surface area (Å²) in [6.45, 7) is 10.9. The second-order valence-electron chi connectivity index (χ2n) is 7.26. The summed E-state index contributed by atoms with van der Waals surface area (Å²) in [5.41, 5.74) is 3.54. The highest BCUT2D eigenvalue weighted by Gasteiger charge is 2.16. The Hall–Kier alpha value is -2.43. The Balaban J connectivity index is 2.25. The highest BCUT2D eigenvalue weighted by molar-refractivity contribution is 5.75. The number of aryl methyl sites for hydroxylation is 2. The van der Waals surface area contributed by atoms with Gasteiger partial charge in [-0.2, -0.15) is 0 Å². The van der Waals surface area contributed by atoms with Crippen LogP contribution in [0.3, 0.4) is 0 Å². The lowest BCUT2D eigenvalue weighted by Crippen LogP contribution is -2.35. The van der Waals surface area contributed by atoms with Gasteiger partial charge in [0.2, 0.25) is 5.91 Å². The van der Waals surface area contributed by atoms with Crippen molar-refractivity contribution in [1.82, 2.24) is 14.9 Å². The van der Waals surface area contributed by atoms with Gasteiger partial charge in [0.15, 0.2) is 0 Å². The van der Waals surface area contributed by atoms with Crippen LogP contribution in [0.4, 0.5) is 0 Å². The van der Waals surface area contributed by atoms with Crippen LogP contribution < -0.4 is 5.56 Å². The molecule has 1 N–H and O–H groups in total. The molecule has 5 heteroatoms. The maximum atomic E-state index is 12.6. The van der Waals surface area contributed by atoms with E-state index in [1.54, 1.807) is 4.90 Å². The second-order valence-corrected chi connectivity index (χ2v) is 7.26. The average Bonchev–Trinajstić information content (AvgIpc) is 2.56. The molecule has 0 radical (unpaired) electrons. The van der Waals surface area contributed by atoms with Gasteiger partial charge in [-0.3, -0.25) is 9.59 Å². The summed E-state index contributed by atoms with van der Waals surface area (Å²) in [7, 11) is 0. The third kappa shape index (κ3) is 5.28. The molecule has 5 nitrogen and oxygen atoms in total. The van der Waals surface area contributed by atoms with Crippen LogP contribution in [-0.4, -0.2) is 27.3 Å². The zero-order valence-corrected chi connectivity index (χ0v) is 16.4. The van der Waals surface area contributed by atoms with Crippen molar-refractivity contribution in [3.63, 3.8) is 0 Å². The van der Waals surface area contributed by atoms with Gasteiger partial charge in [-0.25, -0.2) is 4.98 Å². The van der Waals surface area contributed by atoms with Gasteiger partial charge in [-0.1, -0.05) is 50.6 Å². The summed E-state index contributed by atoms with van der Waals surface area (Å²) < 4.78 is 0. The van der Waals surface area contributed by atoms with Gasteiger partial charge in [0.05, 0.1) is 6.54 Å². The number of nitrogens with zero attached hydrogens (tertiary/aromatic N) is 2. The summed E-state index contributed by atoms with van der Waals surface area (Å²) in [4.78, 5) is 34.0. The number of rotatable bonds is 7. The van der Waals surface area contributed by atoms with Gasteiger partial charge in [-0.05, 0) is 25.3 Å². The molecule has 2 rings (SSSR count). The lowest BCUT2D eigenvalue weighted by Gasteiger charge is -2.24. The SMILES string of the molecule is CCC(=O)N(Cc1nc(C)c(Cc2cccc(C)c2)c(=O)[nH]1)CC(C)C. The molecule has 0 atom stereocenters. The highest BCUT2D eigenvalue weighted by Crippen LogP contribution is 2.12. The standard InChI is InChI=1S/C21H29N3O2/c1-6-20(25)24(12-14(2)3)13-19-22-16(5)18(21(26)23-19)11-17-9-7-8-15(4)10-17/h7-10,14H,6,11-13H2,1-5H3,(H,22,23,26). The number of H-pyrrole nitrogens is 1. The van der Waals surface area contributed by atoms with Crippen LogP contribution in [0, 0.1) is 19.8 Å². The average molecular weight is 355 g/mol. The molecule has 1 heterocycles. The molecule has 140 valence electrons. The predicted molar refractivity (Wildman–Crippen MR) is 104 cm³/mol. The second kappa shape index (κ2) is 8.79. The van der Waals surface area contributed by atoms with Crippen molar-refractivity contribution in [3.05, 3.63) is 62.8 Å². The Labute approximate surface area is 155 Å². The van der Waals surface area contributed by atoms with Crippen LogP contribution in [0.1, 0.15) is 55.4 Å². The smallest absolute Gasteiger partial charge is 0.254 e. The maximum Gasteiger partial charge on any atom is 0.254 e. The van der Waals surface area contributed by atoms with Crippen molar-refractivity contribution >= 4 is 5.91 Å². The Morgan fingerprint density at radius 1 is 1.27 bits per heavy atom. The zero-order valence-electron chi connectivity index (χ0n) is 16.4. The predicted octanol–water partition coefficient (Wildman–Crippen LogP) is 3.37. The van der Waals surface area contributed by atoms with Gasteiger partial charge < -0.3 is 9.88 Å². The number of benzene rings is 1. The lowest BCUT2D eigenvalue weighted by atomic mass is 10.0. The number of amides is 1. The molecule has 0 saturated carbocycles. The normalized spacial score (nSPS) is 11.0. The number of hydrogen-bond donors (Lipinski definition) is 1. The quantitative estimate of drug-likeness (QED) is 0.828. The number of aromatic nitrogens is 2. The summed E-state index contributed by atoms with van der Waals surface area (Å²) in [5.74, 6) is 0.977. The summed E-state index contributed by atoms with van der Waals surface area (Å²) in [6.07, 6.45) is 1.00. The topological polar surface area (TPSA) is 66.1 Å². The van der Waals surface area contributed by atoms with E-state index in [0.717, 1.165) is 11.3 Å². The first kappa shape index (κ1) is 19.9. The fourth-order valence-electron chi connectivity index (χ4n) is 3.08. The molecule has 0 aliphatic heterocycles. The van der Waals surface area contributed by atoms with Crippen molar-refractivity contribution in [2.75, 3.05) is 6.54 Å². The fourth-order valence-corrected chi connectivity index (χ4v) is 3.08. The molecule has 0 aliphatic rings. The number of aromatic amines is 1. The van der Waals surface area contributed by atoms with Crippen LogP contribution in [0.15, 0.2) is 29.1 Å². The molecule has 1 aromatic heterocycles. The van der Waals surface area contributed by atoms with Crippen molar-refractivity contribution in [1.29, 1.82) is 0 Å². The zero-order chi connectivity index (χ0) is 19.3. The van der Waals surface area contributed by atoms with E-state index >= 15 is 0 Å². The van der Waals surface area contributed by atoms with Crippen LogP contribution in [-0.2, 0) is 17.8 Å². The van der Waals surface area contributed by atoms with Gasteiger partial charge in [0.25, 0.3) is 5.56 Å². The van der Waals surface area contributed by atoms with E-state index in [4.69, 9.17) is 0 Å². The molecule has 2 aromatic rings. The Morgan fingerprint density at radius 2 is 2.00 bits per heavy atom. The van der Waals surface area contributed by atoms with Crippen molar-refractivity contribution in [2.45, 2.75) is 54.0 Å². The van der Waals surface area contributed by atoms with Crippen LogP contribution in [0.2, 0.25) is 0 Å². The minimum Gasteiger partial charge on any atom is -0.335 e. The highest BCUT2D eigenvalue weighted by atomic mass is 16.2. The molecule has 0 spiro atoms. The molecule has 0 aliphatic carbocycles. The van der Waals surface area contributed by atoms with E-state index < -0.39 is 0 Å². The third-order valence-electron chi connectivity index (χ3n) is 4.32. The Bertz CT molecular complexity index is 824. The van der Waals surface area contributed by atoms with E-state index in [1.165, 1.54) is 5.56 Å². The molecule has 0 saturated heterocycles. The number of carbonyl (C=O) groups is 1. The number of carbonyl (C=O) groups excluding carboxylic acids is 1. The first-order valence-corrected chi connectivity index (χ1v) is 9.22. The summed E-state index contributed by atoms with van der Waals surface area (Å²) in [5, 5.41) is 0. The van der Waals surface area contributed by atoms with Crippen LogP contribution >= 0.6 is 0 Å².